The van der Waals surface area contributed by atoms with Gasteiger partial charge in [-0.15, -0.1) is 0 Å². The van der Waals surface area contributed by atoms with Crippen molar-refractivity contribution in [2.24, 2.45) is 0 Å². The number of hydrogen-bond acceptors (Lipinski definition) is 3. The molecule has 2 rings (SSSR count). The van der Waals surface area contributed by atoms with Crippen molar-refractivity contribution in [3.63, 3.8) is 0 Å². The van der Waals surface area contributed by atoms with Crippen LogP contribution in [0.1, 0.15) is 44.4 Å². The number of nitrogens with one attached hydrogen (secondary N) is 1. The first-order valence-electron chi connectivity index (χ1n) is 6.12. The van der Waals surface area contributed by atoms with Crippen molar-refractivity contribution in [3.05, 3.63) is 24.2 Å². The van der Waals surface area contributed by atoms with Gasteiger partial charge in [0.15, 0.2) is 0 Å². The standard InChI is InChI=1S/C13H21NOS/c1-10(13-4-3-9-15-13)14-11-5-7-12(16-2)8-6-11/h3-4,9-12,14H,5-8H2,1-2H3. The van der Waals surface area contributed by atoms with Crippen LogP contribution < -0.4 is 5.32 Å². The van der Waals surface area contributed by atoms with E-state index in [1.165, 1.54) is 25.7 Å². The molecule has 0 spiro atoms. The van der Waals surface area contributed by atoms with Crippen LogP contribution in [0, 0.1) is 0 Å². The summed E-state index contributed by atoms with van der Waals surface area (Å²) in [4.78, 5) is 0. The van der Waals surface area contributed by atoms with Crippen LogP contribution in [-0.2, 0) is 0 Å². The van der Waals surface area contributed by atoms with E-state index in [4.69, 9.17) is 4.42 Å². The summed E-state index contributed by atoms with van der Waals surface area (Å²) in [7, 11) is 0. The predicted octanol–water partition coefficient (Wildman–Crippen LogP) is 3.60. The fourth-order valence-corrected chi connectivity index (χ4v) is 3.18. The zero-order valence-electron chi connectivity index (χ0n) is 10.1. The number of furan rings is 1. The molecule has 1 saturated carbocycles. The van der Waals surface area contributed by atoms with E-state index in [-0.39, 0.29) is 0 Å². The molecule has 0 radical (unpaired) electrons. The summed E-state index contributed by atoms with van der Waals surface area (Å²) >= 11 is 2.02. The van der Waals surface area contributed by atoms with E-state index in [0.717, 1.165) is 11.0 Å². The molecule has 1 aromatic heterocycles. The van der Waals surface area contributed by atoms with Crippen molar-refractivity contribution >= 4 is 11.8 Å². The molecule has 0 aliphatic heterocycles. The quantitative estimate of drug-likeness (QED) is 0.869. The monoisotopic (exact) mass is 239 g/mol. The van der Waals surface area contributed by atoms with Gasteiger partial charge >= 0.3 is 0 Å². The Balaban J connectivity index is 1.78. The second-order valence-corrected chi connectivity index (χ2v) is 5.75. The molecule has 1 aliphatic rings. The van der Waals surface area contributed by atoms with Crippen LogP contribution in [0.2, 0.25) is 0 Å². The van der Waals surface area contributed by atoms with Crippen molar-refractivity contribution in [1.29, 1.82) is 0 Å². The van der Waals surface area contributed by atoms with E-state index in [1.54, 1.807) is 6.26 Å². The van der Waals surface area contributed by atoms with E-state index in [1.807, 2.05) is 23.9 Å². The third-order valence-electron chi connectivity index (χ3n) is 3.46. The Kier molecular flexibility index (Phi) is 4.36. The van der Waals surface area contributed by atoms with Crippen molar-refractivity contribution in [2.75, 3.05) is 6.26 Å². The maximum atomic E-state index is 5.41. The lowest BCUT2D eigenvalue weighted by atomic mass is 9.94. The first-order chi connectivity index (χ1) is 7.79. The minimum absolute atomic E-state index is 0.339. The topological polar surface area (TPSA) is 25.2 Å². The van der Waals surface area contributed by atoms with E-state index in [9.17, 15) is 0 Å². The molecule has 90 valence electrons. The van der Waals surface area contributed by atoms with E-state index >= 15 is 0 Å². The second kappa shape index (κ2) is 5.78. The van der Waals surface area contributed by atoms with Gasteiger partial charge in [-0.25, -0.2) is 0 Å². The molecule has 1 N–H and O–H groups in total. The molecule has 0 amide bonds. The maximum absolute atomic E-state index is 5.41. The van der Waals surface area contributed by atoms with Crippen LogP contribution in [0.4, 0.5) is 0 Å². The lowest BCUT2D eigenvalue weighted by Crippen LogP contribution is -2.35. The molecule has 1 fully saturated rings. The number of hydrogen-bond donors (Lipinski definition) is 1. The average molecular weight is 239 g/mol. The van der Waals surface area contributed by atoms with Crippen molar-refractivity contribution in [3.8, 4) is 0 Å². The molecule has 1 atom stereocenters. The molecule has 3 heteroatoms. The smallest absolute Gasteiger partial charge is 0.120 e. The van der Waals surface area contributed by atoms with Crippen LogP contribution in [-0.4, -0.2) is 17.5 Å². The molecule has 1 heterocycles. The largest absolute Gasteiger partial charge is 0.468 e. The van der Waals surface area contributed by atoms with Gasteiger partial charge in [0.2, 0.25) is 0 Å². The van der Waals surface area contributed by atoms with Crippen LogP contribution in [0.3, 0.4) is 0 Å². The Hall–Kier alpha value is -0.410. The van der Waals surface area contributed by atoms with Crippen molar-refractivity contribution in [2.45, 2.75) is 49.9 Å². The summed E-state index contributed by atoms with van der Waals surface area (Å²) in [5.41, 5.74) is 0. The highest BCUT2D eigenvalue weighted by molar-refractivity contribution is 7.99. The first-order valence-corrected chi connectivity index (χ1v) is 7.40. The number of rotatable bonds is 4. The van der Waals surface area contributed by atoms with Crippen LogP contribution in [0.5, 0.6) is 0 Å². The summed E-state index contributed by atoms with van der Waals surface area (Å²) < 4.78 is 5.41. The van der Waals surface area contributed by atoms with E-state index < -0.39 is 0 Å². The Morgan fingerprint density at radius 1 is 1.38 bits per heavy atom. The lowest BCUT2D eigenvalue weighted by molar-refractivity contribution is 0.327. The second-order valence-electron chi connectivity index (χ2n) is 4.61. The van der Waals surface area contributed by atoms with Gasteiger partial charge in [0.05, 0.1) is 12.3 Å². The molecule has 1 aromatic rings. The SMILES string of the molecule is CSC1CCC(NC(C)c2ccco2)CC1. The summed E-state index contributed by atoms with van der Waals surface area (Å²) in [6, 6.07) is 5.01. The van der Waals surface area contributed by atoms with Crippen molar-refractivity contribution in [1.82, 2.24) is 5.32 Å². The van der Waals surface area contributed by atoms with Crippen LogP contribution >= 0.6 is 11.8 Å². The summed E-state index contributed by atoms with van der Waals surface area (Å²) in [5, 5.41) is 4.55. The average Bonchev–Trinajstić information content (AvgIpc) is 2.83. The Labute approximate surface area is 102 Å². The Bertz CT molecular complexity index is 291. The van der Waals surface area contributed by atoms with Gasteiger partial charge in [0, 0.05) is 11.3 Å². The van der Waals surface area contributed by atoms with Crippen LogP contribution in [0.25, 0.3) is 0 Å². The molecule has 16 heavy (non-hydrogen) atoms. The van der Waals surface area contributed by atoms with Gasteiger partial charge in [-0.2, -0.15) is 11.8 Å². The highest BCUT2D eigenvalue weighted by atomic mass is 32.2. The Morgan fingerprint density at radius 2 is 2.12 bits per heavy atom. The minimum atomic E-state index is 0.339. The zero-order chi connectivity index (χ0) is 11.4. The summed E-state index contributed by atoms with van der Waals surface area (Å²) in [6.45, 7) is 2.18. The van der Waals surface area contributed by atoms with E-state index in [2.05, 4.69) is 18.5 Å². The van der Waals surface area contributed by atoms with E-state index in [0.29, 0.717) is 12.1 Å². The fourth-order valence-electron chi connectivity index (χ4n) is 2.44. The van der Waals surface area contributed by atoms with Gasteiger partial charge in [-0.05, 0) is 51.0 Å². The normalized spacial score (nSPS) is 27.9. The molecule has 1 aliphatic carbocycles. The molecule has 1 unspecified atom stereocenters. The highest BCUT2D eigenvalue weighted by Gasteiger charge is 2.22. The van der Waals surface area contributed by atoms with Gasteiger partial charge < -0.3 is 9.73 Å². The molecule has 0 bridgehead atoms. The van der Waals surface area contributed by atoms with Gasteiger partial charge in [0.1, 0.15) is 5.76 Å². The molecular weight excluding hydrogens is 218 g/mol. The molecule has 0 aromatic carbocycles. The van der Waals surface area contributed by atoms with Gasteiger partial charge in [0.25, 0.3) is 0 Å². The summed E-state index contributed by atoms with van der Waals surface area (Å²) in [6.07, 6.45) is 9.28. The first kappa shape index (κ1) is 12.1. The highest BCUT2D eigenvalue weighted by Crippen LogP contribution is 2.28. The van der Waals surface area contributed by atoms with Crippen molar-refractivity contribution < 1.29 is 4.42 Å². The van der Waals surface area contributed by atoms with Gasteiger partial charge in [-0.1, -0.05) is 0 Å². The Morgan fingerprint density at radius 3 is 2.69 bits per heavy atom. The maximum Gasteiger partial charge on any atom is 0.120 e. The number of thioether (sulfide) groups is 1. The lowest BCUT2D eigenvalue weighted by Gasteiger charge is -2.29. The predicted molar refractivity (Wildman–Crippen MR) is 69.8 cm³/mol. The summed E-state index contributed by atoms with van der Waals surface area (Å²) in [5.74, 6) is 1.05. The van der Waals surface area contributed by atoms with Crippen LogP contribution in [0.15, 0.2) is 22.8 Å². The minimum Gasteiger partial charge on any atom is -0.468 e. The fraction of sp³-hybridized carbons (Fsp3) is 0.692. The van der Waals surface area contributed by atoms with Gasteiger partial charge in [-0.3, -0.25) is 0 Å². The zero-order valence-corrected chi connectivity index (χ0v) is 10.9. The molecule has 2 nitrogen and oxygen atoms in total. The third-order valence-corrected chi connectivity index (χ3v) is 4.60. The third kappa shape index (κ3) is 3.05. The molecule has 0 saturated heterocycles. The molecular formula is C13H21NOS.